The lowest BCUT2D eigenvalue weighted by Gasteiger charge is -2.09. The molecule has 1 N–H and O–H groups in total. The first-order valence-corrected chi connectivity index (χ1v) is 9.31. The number of carbonyl (C=O) groups is 1. The number of aryl methyl sites for hydroxylation is 2. The number of hydrogen-bond acceptors (Lipinski definition) is 6. The van der Waals surface area contributed by atoms with Gasteiger partial charge in [0.05, 0.1) is 12.6 Å². The standard InChI is InChI=1S/C21H19FN6O2/c1-13-8-14(2)28-21(25-13)26-19(27-28)10-20(29)24-11-15-5-6-18(17(22)9-15)30-16-4-3-7-23-12-16/h3-9,12H,10-11H2,1-2H3,(H,24,29). The van der Waals surface area contributed by atoms with Crippen molar-refractivity contribution in [2.75, 3.05) is 0 Å². The lowest BCUT2D eigenvalue weighted by atomic mass is 10.2. The third-order valence-electron chi connectivity index (χ3n) is 4.33. The molecule has 9 heteroatoms. The van der Waals surface area contributed by atoms with Crippen molar-refractivity contribution in [1.82, 2.24) is 29.9 Å². The van der Waals surface area contributed by atoms with E-state index in [1.807, 2.05) is 19.9 Å². The third kappa shape index (κ3) is 4.40. The molecular formula is C21H19FN6O2. The van der Waals surface area contributed by atoms with Crippen molar-refractivity contribution in [2.45, 2.75) is 26.8 Å². The van der Waals surface area contributed by atoms with Crippen LogP contribution < -0.4 is 10.1 Å². The first-order chi connectivity index (χ1) is 14.5. The number of rotatable bonds is 6. The normalized spacial score (nSPS) is 10.9. The van der Waals surface area contributed by atoms with Gasteiger partial charge in [0, 0.05) is 24.1 Å². The fraction of sp³-hybridized carbons (Fsp3) is 0.190. The molecule has 4 rings (SSSR count). The van der Waals surface area contributed by atoms with Gasteiger partial charge in [-0.05, 0) is 49.7 Å². The minimum absolute atomic E-state index is 0.00648. The number of hydrogen-bond donors (Lipinski definition) is 1. The predicted molar refractivity (Wildman–Crippen MR) is 107 cm³/mol. The monoisotopic (exact) mass is 406 g/mol. The Kier molecular flexibility index (Phi) is 5.34. The van der Waals surface area contributed by atoms with Gasteiger partial charge < -0.3 is 10.1 Å². The van der Waals surface area contributed by atoms with Crippen molar-refractivity contribution in [3.05, 3.63) is 77.4 Å². The van der Waals surface area contributed by atoms with E-state index in [1.54, 1.807) is 28.9 Å². The molecule has 152 valence electrons. The van der Waals surface area contributed by atoms with Gasteiger partial charge in [0.1, 0.15) is 5.75 Å². The van der Waals surface area contributed by atoms with Crippen molar-refractivity contribution in [1.29, 1.82) is 0 Å². The summed E-state index contributed by atoms with van der Waals surface area (Å²) in [5, 5.41) is 7.06. The summed E-state index contributed by atoms with van der Waals surface area (Å²) in [4.78, 5) is 24.8. The molecule has 0 spiro atoms. The maximum absolute atomic E-state index is 14.3. The summed E-state index contributed by atoms with van der Waals surface area (Å²) in [6.45, 7) is 3.95. The number of aromatic nitrogens is 5. The quantitative estimate of drug-likeness (QED) is 0.529. The second-order valence-corrected chi connectivity index (χ2v) is 6.79. The molecule has 0 aliphatic carbocycles. The van der Waals surface area contributed by atoms with Gasteiger partial charge in [-0.3, -0.25) is 9.78 Å². The number of benzene rings is 1. The van der Waals surface area contributed by atoms with Gasteiger partial charge >= 0.3 is 0 Å². The molecule has 0 radical (unpaired) electrons. The number of halogens is 1. The van der Waals surface area contributed by atoms with Gasteiger partial charge in [0.2, 0.25) is 5.91 Å². The molecule has 0 saturated heterocycles. The number of amides is 1. The molecule has 0 saturated carbocycles. The summed E-state index contributed by atoms with van der Waals surface area (Å²) >= 11 is 0. The van der Waals surface area contributed by atoms with E-state index in [4.69, 9.17) is 4.74 Å². The van der Waals surface area contributed by atoms with Gasteiger partial charge in [0.25, 0.3) is 5.78 Å². The van der Waals surface area contributed by atoms with Crippen LogP contribution >= 0.6 is 0 Å². The van der Waals surface area contributed by atoms with E-state index >= 15 is 0 Å². The van der Waals surface area contributed by atoms with Crippen LogP contribution in [-0.4, -0.2) is 30.5 Å². The van der Waals surface area contributed by atoms with Crippen molar-refractivity contribution in [3.8, 4) is 11.5 Å². The average molecular weight is 406 g/mol. The van der Waals surface area contributed by atoms with E-state index in [1.165, 1.54) is 18.3 Å². The minimum Gasteiger partial charge on any atom is -0.453 e. The molecule has 1 aromatic carbocycles. The van der Waals surface area contributed by atoms with E-state index in [2.05, 4.69) is 25.4 Å². The zero-order valence-corrected chi connectivity index (χ0v) is 16.5. The Labute approximate surface area is 171 Å². The molecule has 1 amide bonds. The average Bonchev–Trinajstić information content (AvgIpc) is 3.11. The van der Waals surface area contributed by atoms with Gasteiger partial charge in [-0.2, -0.15) is 4.98 Å². The second kappa shape index (κ2) is 8.24. The zero-order valence-electron chi connectivity index (χ0n) is 16.5. The number of nitrogens with one attached hydrogen (secondary N) is 1. The Hall–Kier alpha value is -3.88. The summed E-state index contributed by atoms with van der Waals surface area (Å²) < 4.78 is 21.4. The number of ether oxygens (including phenoxy) is 1. The summed E-state index contributed by atoms with van der Waals surface area (Å²) in [5.41, 5.74) is 2.33. The topological polar surface area (TPSA) is 94.3 Å². The van der Waals surface area contributed by atoms with E-state index < -0.39 is 5.82 Å². The molecule has 8 nitrogen and oxygen atoms in total. The number of nitrogens with zero attached hydrogens (tertiary/aromatic N) is 5. The number of fused-ring (bicyclic) bond motifs is 1. The number of carbonyl (C=O) groups excluding carboxylic acids is 1. The van der Waals surface area contributed by atoms with Crippen LogP contribution in [0, 0.1) is 19.7 Å². The van der Waals surface area contributed by atoms with Crippen LogP contribution in [0.3, 0.4) is 0 Å². The first-order valence-electron chi connectivity index (χ1n) is 9.31. The van der Waals surface area contributed by atoms with E-state index in [0.717, 1.165) is 11.4 Å². The van der Waals surface area contributed by atoms with Gasteiger partial charge in [0.15, 0.2) is 17.4 Å². The highest BCUT2D eigenvalue weighted by Crippen LogP contribution is 2.24. The van der Waals surface area contributed by atoms with Gasteiger partial charge in [-0.15, -0.1) is 5.10 Å². The Morgan fingerprint density at radius 1 is 1.20 bits per heavy atom. The maximum atomic E-state index is 14.3. The highest BCUT2D eigenvalue weighted by molar-refractivity contribution is 5.77. The molecule has 3 aromatic heterocycles. The molecule has 0 atom stereocenters. The zero-order chi connectivity index (χ0) is 21.1. The maximum Gasteiger partial charge on any atom is 0.252 e. The lowest BCUT2D eigenvalue weighted by Crippen LogP contribution is -2.25. The molecule has 0 aliphatic rings. The van der Waals surface area contributed by atoms with Crippen molar-refractivity contribution >= 4 is 11.7 Å². The summed E-state index contributed by atoms with van der Waals surface area (Å²) in [6.07, 6.45) is 3.11. The van der Waals surface area contributed by atoms with Crippen molar-refractivity contribution < 1.29 is 13.9 Å². The Morgan fingerprint density at radius 2 is 2.07 bits per heavy atom. The smallest absolute Gasteiger partial charge is 0.252 e. The third-order valence-corrected chi connectivity index (χ3v) is 4.33. The molecule has 0 bridgehead atoms. The fourth-order valence-corrected chi connectivity index (χ4v) is 2.96. The minimum atomic E-state index is -0.524. The van der Waals surface area contributed by atoms with Crippen LogP contribution in [0.2, 0.25) is 0 Å². The van der Waals surface area contributed by atoms with Crippen LogP contribution in [0.4, 0.5) is 4.39 Å². The summed E-state index contributed by atoms with van der Waals surface area (Å²) in [6, 6.07) is 9.81. The van der Waals surface area contributed by atoms with E-state index in [0.29, 0.717) is 22.9 Å². The molecular weight excluding hydrogens is 387 g/mol. The predicted octanol–water partition coefficient (Wildman–Crippen LogP) is 2.93. The lowest BCUT2D eigenvalue weighted by molar-refractivity contribution is -0.120. The van der Waals surface area contributed by atoms with Gasteiger partial charge in [-0.25, -0.2) is 13.9 Å². The van der Waals surface area contributed by atoms with E-state index in [9.17, 15) is 9.18 Å². The Balaban J connectivity index is 1.37. The summed E-state index contributed by atoms with van der Waals surface area (Å²) in [7, 11) is 0. The fourth-order valence-electron chi connectivity index (χ4n) is 2.96. The Morgan fingerprint density at radius 3 is 2.83 bits per heavy atom. The SMILES string of the molecule is Cc1cc(C)n2nc(CC(=O)NCc3ccc(Oc4cccnc4)c(F)c3)nc2n1. The van der Waals surface area contributed by atoms with Crippen molar-refractivity contribution in [3.63, 3.8) is 0 Å². The molecule has 0 unspecified atom stereocenters. The molecule has 0 fully saturated rings. The van der Waals surface area contributed by atoms with Crippen LogP contribution in [0.25, 0.3) is 5.78 Å². The second-order valence-electron chi connectivity index (χ2n) is 6.79. The van der Waals surface area contributed by atoms with Crippen LogP contribution in [0.5, 0.6) is 11.5 Å². The van der Waals surface area contributed by atoms with Gasteiger partial charge in [-0.1, -0.05) is 6.07 Å². The highest BCUT2D eigenvalue weighted by Gasteiger charge is 2.12. The van der Waals surface area contributed by atoms with Crippen LogP contribution in [0.1, 0.15) is 22.8 Å². The molecule has 3 heterocycles. The van der Waals surface area contributed by atoms with Crippen LogP contribution in [-0.2, 0) is 17.8 Å². The van der Waals surface area contributed by atoms with Crippen molar-refractivity contribution in [2.24, 2.45) is 0 Å². The first kappa shape index (κ1) is 19.4. The largest absolute Gasteiger partial charge is 0.453 e. The van der Waals surface area contributed by atoms with E-state index in [-0.39, 0.29) is 24.6 Å². The molecule has 30 heavy (non-hydrogen) atoms. The Bertz CT molecular complexity index is 1210. The molecule has 4 aromatic rings. The van der Waals surface area contributed by atoms with Crippen LogP contribution in [0.15, 0.2) is 48.8 Å². The molecule has 0 aliphatic heterocycles. The number of pyridine rings is 1. The summed E-state index contributed by atoms with van der Waals surface area (Å²) in [5.74, 6) is 0.574. The highest BCUT2D eigenvalue weighted by atomic mass is 19.1.